The Labute approximate surface area is 143 Å². The van der Waals surface area contributed by atoms with Gasteiger partial charge in [-0.1, -0.05) is 35.3 Å². The maximum Gasteiger partial charge on any atom is 0.134 e. The molecule has 2 N–H and O–H groups in total. The minimum absolute atomic E-state index is 0.197. The third-order valence-corrected chi connectivity index (χ3v) is 4.72. The molecule has 3 rings (SSSR count). The predicted molar refractivity (Wildman–Crippen MR) is 90.6 cm³/mol. The number of nitrogens with zero attached hydrogens (tertiary/aromatic N) is 2. The fourth-order valence-electron chi connectivity index (χ4n) is 1.93. The molecule has 0 atom stereocenters. The second kappa shape index (κ2) is 5.96. The Morgan fingerprint density at radius 3 is 2.76 bits per heavy atom. The van der Waals surface area contributed by atoms with Crippen molar-refractivity contribution in [2.75, 3.05) is 5.32 Å². The maximum atomic E-state index is 10.00. The minimum atomic E-state index is 0.197. The Bertz CT molecular complexity index is 825. The van der Waals surface area contributed by atoms with Crippen LogP contribution in [-0.4, -0.2) is 13.9 Å². The van der Waals surface area contributed by atoms with Crippen LogP contribution in [0, 0.1) is 0 Å². The summed E-state index contributed by atoms with van der Waals surface area (Å²) in [5.74, 6) is 0.197. The number of para-hydroxylation sites is 1. The molecule has 0 aliphatic heterocycles. The standard InChI is InChI=1S/C13H8BrCl2N3OS/c14-7-3-1-2-6(13(7)20)5-17-10-8(15)4-9(16)11-12(10)19-21-18-11/h1-4,17,20H,5H2. The van der Waals surface area contributed by atoms with Gasteiger partial charge in [-0.25, -0.2) is 0 Å². The summed E-state index contributed by atoms with van der Waals surface area (Å²) in [5, 5.41) is 14.1. The number of hydrogen-bond donors (Lipinski definition) is 2. The highest BCUT2D eigenvalue weighted by molar-refractivity contribution is 9.10. The molecule has 0 aliphatic carbocycles. The zero-order chi connectivity index (χ0) is 15.0. The number of aromatic hydroxyl groups is 1. The van der Waals surface area contributed by atoms with E-state index in [1.165, 1.54) is 0 Å². The predicted octanol–water partition coefficient (Wildman–Crippen LogP) is 5.08. The van der Waals surface area contributed by atoms with Crippen LogP contribution in [0.3, 0.4) is 0 Å². The summed E-state index contributed by atoms with van der Waals surface area (Å²) in [7, 11) is 0. The van der Waals surface area contributed by atoms with E-state index in [0.29, 0.717) is 37.8 Å². The van der Waals surface area contributed by atoms with Crippen molar-refractivity contribution in [3.05, 3.63) is 44.3 Å². The largest absolute Gasteiger partial charge is 0.506 e. The third-order valence-electron chi connectivity index (χ3n) is 2.97. The van der Waals surface area contributed by atoms with Crippen molar-refractivity contribution in [2.24, 2.45) is 0 Å². The van der Waals surface area contributed by atoms with Gasteiger partial charge in [-0.15, -0.1) is 0 Å². The fraction of sp³-hybridized carbons (Fsp3) is 0.0769. The van der Waals surface area contributed by atoms with Crippen molar-refractivity contribution < 1.29 is 5.11 Å². The molecule has 0 saturated heterocycles. The van der Waals surface area contributed by atoms with Gasteiger partial charge in [-0.05, 0) is 28.1 Å². The highest BCUT2D eigenvalue weighted by atomic mass is 79.9. The first kappa shape index (κ1) is 14.8. The Kier molecular flexibility index (Phi) is 4.21. The molecule has 21 heavy (non-hydrogen) atoms. The molecule has 0 spiro atoms. The van der Waals surface area contributed by atoms with E-state index >= 15 is 0 Å². The van der Waals surface area contributed by atoms with Gasteiger partial charge in [0, 0.05) is 12.1 Å². The van der Waals surface area contributed by atoms with Crippen molar-refractivity contribution >= 4 is 67.6 Å². The molecular weight excluding hydrogens is 397 g/mol. The summed E-state index contributed by atoms with van der Waals surface area (Å²) < 4.78 is 9.01. The number of phenols is 1. The van der Waals surface area contributed by atoms with Crippen LogP contribution < -0.4 is 5.32 Å². The Hall–Kier alpha value is -1.08. The fourth-order valence-corrected chi connectivity index (χ4v) is 3.51. The Balaban J connectivity index is 1.95. The molecule has 108 valence electrons. The van der Waals surface area contributed by atoms with Crippen molar-refractivity contribution in [1.82, 2.24) is 8.75 Å². The molecule has 4 nitrogen and oxygen atoms in total. The SMILES string of the molecule is Oc1c(Br)cccc1CNc1c(Cl)cc(Cl)c2nsnc12. The highest BCUT2D eigenvalue weighted by Gasteiger charge is 2.14. The zero-order valence-electron chi connectivity index (χ0n) is 10.4. The van der Waals surface area contributed by atoms with E-state index in [1.807, 2.05) is 12.1 Å². The number of rotatable bonds is 3. The number of nitrogens with one attached hydrogen (secondary N) is 1. The van der Waals surface area contributed by atoms with Gasteiger partial charge in [-0.3, -0.25) is 0 Å². The van der Waals surface area contributed by atoms with Crippen molar-refractivity contribution in [1.29, 1.82) is 0 Å². The number of aromatic nitrogens is 2. The molecule has 1 aromatic heterocycles. The maximum absolute atomic E-state index is 10.00. The topological polar surface area (TPSA) is 58.0 Å². The summed E-state index contributed by atoms with van der Waals surface area (Å²) in [6.07, 6.45) is 0. The summed E-state index contributed by atoms with van der Waals surface area (Å²) in [6.45, 7) is 0.402. The van der Waals surface area contributed by atoms with E-state index in [-0.39, 0.29) is 5.75 Å². The molecule has 0 unspecified atom stereocenters. The number of phenolic OH excluding ortho intramolecular Hbond substituents is 1. The monoisotopic (exact) mass is 403 g/mol. The number of hydrogen-bond acceptors (Lipinski definition) is 5. The molecule has 0 amide bonds. The lowest BCUT2D eigenvalue weighted by molar-refractivity contribution is 0.465. The van der Waals surface area contributed by atoms with Gasteiger partial charge in [0.25, 0.3) is 0 Å². The van der Waals surface area contributed by atoms with Crippen molar-refractivity contribution in [2.45, 2.75) is 6.54 Å². The van der Waals surface area contributed by atoms with Crippen LogP contribution in [0.2, 0.25) is 10.0 Å². The molecule has 0 fully saturated rings. The van der Waals surface area contributed by atoms with Crippen molar-refractivity contribution in [3.63, 3.8) is 0 Å². The van der Waals surface area contributed by atoms with Gasteiger partial charge in [0.2, 0.25) is 0 Å². The Morgan fingerprint density at radius 1 is 1.19 bits per heavy atom. The molecule has 0 saturated carbocycles. The first-order valence-electron chi connectivity index (χ1n) is 5.88. The zero-order valence-corrected chi connectivity index (χ0v) is 14.3. The normalized spacial score (nSPS) is 11.0. The van der Waals surface area contributed by atoms with Crippen LogP contribution in [0.5, 0.6) is 5.75 Å². The summed E-state index contributed by atoms with van der Waals surface area (Å²) in [5.41, 5.74) is 2.65. The van der Waals surface area contributed by atoms with E-state index in [2.05, 4.69) is 30.0 Å². The number of halogens is 3. The van der Waals surface area contributed by atoms with Gasteiger partial charge in [0.15, 0.2) is 0 Å². The molecule has 8 heteroatoms. The molecule has 2 aromatic carbocycles. The van der Waals surface area contributed by atoms with Crippen LogP contribution in [0.25, 0.3) is 11.0 Å². The van der Waals surface area contributed by atoms with Gasteiger partial charge >= 0.3 is 0 Å². The number of fused-ring (bicyclic) bond motifs is 1. The minimum Gasteiger partial charge on any atom is -0.506 e. The van der Waals surface area contributed by atoms with E-state index in [0.717, 1.165) is 17.3 Å². The molecule has 0 aliphatic rings. The third kappa shape index (κ3) is 2.81. The lowest BCUT2D eigenvalue weighted by Crippen LogP contribution is -2.01. The van der Waals surface area contributed by atoms with Gasteiger partial charge in [0.1, 0.15) is 16.8 Å². The quantitative estimate of drug-likeness (QED) is 0.639. The number of benzene rings is 2. The molecule has 3 aromatic rings. The average Bonchev–Trinajstić information content (AvgIpc) is 2.92. The molecule has 0 bridgehead atoms. The first-order chi connectivity index (χ1) is 10.1. The van der Waals surface area contributed by atoms with Crippen LogP contribution >= 0.6 is 50.9 Å². The second-order valence-electron chi connectivity index (χ2n) is 4.28. The van der Waals surface area contributed by atoms with E-state index < -0.39 is 0 Å². The number of anilines is 1. The van der Waals surface area contributed by atoms with E-state index in [1.54, 1.807) is 12.1 Å². The summed E-state index contributed by atoms with van der Waals surface area (Å²) in [6, 6.07) is 7.09. The lowest BCUT2D eigenvalue weighted by Gasteiger charge is -2.11. The highest BCUT2D eigenvalue weighted by Crippen LogP contribution is 2.36. The second-order valence-corrected chi connectivity index (χ2v) is 6.47. The lowest BCUT2D eigenvalue weighted by atomic mass is 10.2. The average molecular weight is 405 g/mol. The van der Waals surface area contributed by atoms with Crippen LogP contribution in [-0.2, 0) is 6.54 Å². The van der Waals surface area contributed by atoms with Crippen LogP contribution in [0.15, 0.2) is 28.7 Å². The Morgan fingerprint density at radius 2 is 1.95 bits per heavy atom. The molecule has 0 radical (unpaired) electrons. The van der Waals surface area contributed by atoms with E-state index in [9.17, 15) is 5.11 Å². The van der Waals surface area contributed by atoms with Gasteiger partial charge in [0.05, 0.1) is 31.9 Å². The smallest absolute Gasteiger partial charge is 0.134 e. The van der Waals surface area contributed by atoms with Gasteiger partial charge < -0.3 is 10.4 Å². The van der Waals surface area contributed by atoms with E-state index in [4.69, 9.17) is 23.2 Å². The first-order valence-corrected chi connectivity index (χ1v) is 8.16. The molecule has 1 heterocycles. The van der Waals surface area contributed by atoms with Crippen LogP contribution in [0.1, 0.15) is 5.56 Å². The van der Waals surface area contributed by atoms with Crippen LogP contribution in [0.4, 0.5) is 5.69 Å². The van der Waals surface area contributed by atoms with Crippen molar-refractivity contribution in [3.8, 4) is 5.75 Å². The summed E-state index contributed by atoms with van der Waals surface area (Å²) in [4.78, 5) is 0. The molecular formula is C13H8BrCl2N3OS. The van der Waals surface area contributed by atoms with Gasteiger partial charge in [-0.2, -0.15) is 8.75 Å². The summed E-state index contributed by atoms with van der Waals surface area (Å²) >= 11 is 16.7.